The summed E-state index contributed by atoms with van der Waals surface area (Å²) in [5.41, 5.74) is 0. The minimum absolute atomic E-state index is 0.0404. The van der Waals surface area contributed by atoms with E-state index in [1.807, 2.05) is 0 Å². The molecule has 3 N–H and O–H groups in total. The summed E-state index contributed by atoms with van der Waals surface area (Å²) in [6, 6.07) is 0. The van der Waals surface area contributed by atoms with E-state index in [1.165, 1.54) is 6.92 Å². The average molecular weight is 173 g/mol. The molecule has 0 aliphatic rings. The molecular formula is C7H15N3O2. The van der Waals surface area contributed by atoms with Crippen LogP contribution in [0.3, 0.4) is 0 Å². The molecule has 12 heavy (non-hydrogen) atoms. The molecular weight excluding hydrogens is 158 g/mol. The van der Waals surface area contributed by atoms with Crippen LogP contribution in [0.15, 0.2) is 0 Å². The van der Waals surface area contributed by atoms with Crippen molar-refractivity contribution < 1.29 is 9.59 Å². The topological polar surface area (TPSA) is 70.2 Å². The summed E-state index contributed by atoms with van der Waals surface area (Å²) in [4.78, 5) is 21.3. The molecule has 0 radical (unpaired) electrons. The van der Waals surface area contributed by atoms with Crippen molar-refractivity contribution in [1.82, 2.24) is 16.0 Å². The Bertz CT molecular complexity index is 159. The van der Waals surface area contributed by atoms with Gasteiger partial charge in [0, 0.05) is 6.67 Å². The minimum atomic E-state index is -0.244. The zero-order valence-corrected chi connectivity index (χ0v) is 7.44. The Morgan fingerprint density at radius 3 is 2.42 bits per heavy atom. The van der Waals surface area contributed by atoms with E-state index in [0.717, 1.165) is 0 Å². The van der Waals surface area contributed by atoms with Crippen molar-refractivity contribution in [3.05, 3.63) is 0 Å². The van der Waals surface area contributed by atoms with Crippen LogP contribution >= 0.6 is 0 Å². The highest BCUT2D eigenvalue weighted by Crippen LogP contribution is 1.79. The molecule has 0 aromatic heterocycles. The highest BCUT2D eigenvalue weighted by Gasteiger charge is 2.02. The van der Waals surface area contributed by atoms with Crippen LogP contribution in [0.4, 0.5) is 0 Å². The molecule has 5 heteroatoms. The molecule has 0 saturated heterocycles. The number of amides is 1. The number of hydrogen-bond acceptors (Lipinski definition) is 4. The molecule has 70 valence electrons. The maximum absolute atomic E-state index is 10.8. The van der Waals surface area contributed by atoms with Gasteiger partial charge >= 0.3 is 0 Å². The third-order valence-electron chi connectivity index (χ3n) is 1.12. The van der Waals surface area contributed by atoms with Crippen LogP contribution in [-0.4, -0.2) is 32.1 Å². The maximum atomic E-state index is 10.8. The fourth-order valence-electron chi connectivity index (χ4n) is 0.637. The van der Waals surface area contributed by atoms with Crippen molar-refractivity contribution >= 4 is 11.7 Å². The summed E-state index contributed by atoms with van der Waals surface area (Å²) in [6.45, 7) is 2.40. The molecule has 0 heterocycles. The highest BCUT2D eigenvalue weighted by molar-refractivity contribution is 5.96. The fraction of sp³-hybridized carbons (Fsp3) is 0.714. The maximum Gasteiger partial charge on any atom is 0.228 e. The Morgan fingerprint density at radius 2 is 1.92 bits per heavy atom. The van der Waals surface area contributed by atoms with E-state index in [1.54, 1.807) is 7.05 Å². The van der Waals surface area contributed by atoms with Gasteiger partial charge in [-0.05, 0) is 14.0 Å². The van der Waals surface area contributed by atoms with Crippen LogP contribution < -0.4 is 16.0 Å². The van der Waals surface area contributed by atoms with Gasteiger partial charge in [-0.2, -0.15) is 0 Å². The number of nitrogens with one attached hydrogen (secondary N) is 3. The van der Waals surface area contributed by atoms with Crippen LogP contribution in [0.2, 0.25) is 0 Å². The number of Topliss-reactive ketones (excluding diaryl/α,β-unsaturated/α-hetero) is 1. The van der Waals surface area contributed by atoms with Crippen molar-refractivity contribution in [2.45, 2.75) is 13.3 Å². The first-order chi connectivity index (χ1) is 5.66. The van der Waals surface area contributed by atoms with Crippen LogP contribution in [0.25, 0.3) is 0 Å². The zero-order valence-electron chi connectivity index (χ0n) is 7.44. The van der Waals surface area contributed by atoms with Crippen molar-refractivity contribution in [2.24, 2.45) is 0 Å². The van der Waals surface area contributed by atoms with Gasteiger partial charge < -0.3 is 10.6 Å². The van der Waals surface area contributed by atoms with Crippen LogP contribution in [0, 0.1) is 0 Å². The van der Waals surface area contributed by atoms with E-state index in [2.05, 4.69) is 16.0 Å². The number of carbonyl (C=O) groups excluding carboxylic acids is 2. The van der Waals surface area contributed by atoms with E-state index in [9.17, 15) is 9.59 Å². The molecule has 0 atom stereocenters. The number of carbonyl (C=O) groups is 2. The van der Waals surface area contributed by atoms with Crippen LogP contribution in [-0.2, 0) is 9.59 Å². The van der Waals surface area contributed by atoms with Gasteiger partial charge in [-0.15, -0.1) is 0 Å². The summed E-state index contributed by atoms with van der Waals surface area (Å²) in [6.07, 6.45) is -0.0404. The van der Waals surface area contributed by atoms with Gasteiger partial charge in [-0.1, -0.05) is 0 Å². The van der Waals surface area contributed by atoms with Gasteiger partial charge in [0.25, 0.3) is 0 Å². The Morgan fingerprint density at radius 1 is 1.25 bits per heavy atom. The van der Waals surface area contributed by atoms with E-state index >= 15 is 0 Å². The summed E-state index contributed by atoms with van der Waals surface area (Å²) in [5.74, 6) is -0.368. The lowest BCUT2D eigenvalue weighted by Gasteiger charge is -2.04. The summed E-state index contributed by atoms with van der Waals surface area (Å²) < 4.78 is 0. The van der Waals surface area contributed by atoms with Gasteiger partial charge in [0.2, 0.25) is 5.91 Å². The lowest BCUT2D eigenvalue weighted by Crippen LogP contribution is -2.38. The molecule has 1 amide bonds. The SMILES string of the molecule is CNCNCNC(=O)CC(C)=O. The standard InChI is InChI=1S/C7H15N3O2/c1-6(11)3-7(12)10-5-9-4-8-2/h8-9H,3-5H2,1-2H3,(H,10,12). The molecule has 0 aliphatic carbocycles. The van der Waals surface area contributed by atoms with Crippen molar-refractivity contribution in [3.63, 3.8) is 0 Å². The molecule has 0 unspecified atom stereocenters. The second-order valence-electron chi connectivity index (χ2n) is 2.44. The normalized spacial score (nSPS) is 9.50. The Kier molecular flexibility index (Phi) is 6.22. The monoisotopic (exact) mass is 173 g/mol. The molecule has 0 spiro atoms. The third-order valence-corrected chi connectivity index (χ3v) is 1.12. The summed E-state index contributed by atoms with van der Waals surface area (Å²) in [5, 5.41) is 8.28. The van der Waals surface area contributed by atoms with Crippen LogP contribution in [0.5, 0.6) is 0 Å². The lowest BCUT2D eigenvalue weighted by atomic mass is 10.3. The predicted molar refractivity (Wildman–Crippen MR) is 45.4 cm³/mol. The third kappa shape index (κ3) is 7.17. The van der Waals surface area contributed by atoms with Crippen molar-refractivity contribution in [3.8, 4) is 0 Å². The van der Waals surface area contributed by atoms with Gasteiger partial charge in [-0.25, -0.2) is 0 Å². The number of hydrogen-bond donors (Lipinski definition) is 3. The number of ketones is 1. The molecule has 0 saturated carbocycles. The predicted octanol–water partition coefficient (Wildman–Crippen LogP) is -1.19. The smallest absolute Gasteiger partial charge is 0.228 e. The van der Waals surface area contributed by atoms with Gasteiger partial charge in [0.05, 0.1) is 13.1 Å². The van der Waals surface area contributed by atoms with E-state index in [4.69, 9.17) is 0 Å². The number of rotatable bonds is 6. The highest BCUT2D eigenvalue weighted by atomic mass is 16.2. The second-order valence-corrected chi connectivity index (χ2v) is 2.44. The molecule has 5 nitrogen and oxygen atoms in total. The average Bonchev–Trinajstić information content (AvgIpc) is 1.97. The Balaban J connectivity index is 3.26. The van der Waals surface area contributed by atoms with Crippen LogP contribution in [0.1, 0.15) is 13.3 Å². The first kappa shape index (κ1) is 11.1. The van der Waals surface area contributed by atoms with Gasteiger partial charge in [0.15, 0.2) is 0 Å². The fourth-order valence-corrected chi connectivity index (χ4v) is 0.637. The Hall–Kier alpha value is -0.940. The first-order valence-corrected chi connectivity index (χ1v) is 3.78. The Labute approximate surface area is 71.9 Å². The quantitative estimate of drug-likeness (QED) is 0.268. The van der Waals surface area contributed by atoms with Crippen molar-refractivity contribution in [1.29, 1.82) is 0 Å². The lowest BCUT2D eigenvalue weighted by molar-refractivity contribution is -0.127. The largest absolute Gasteiger partial charge is 0.343 e. The van der Waals surface area contributed by atoms with Gasteiger partial charge in [0.1, 0.15) is 5.78 Å². The van der Waals surface area contributed by atoms with Crippen molar-refractivity contribution in [2.75, 3.05) is 20.4 Å². The molecule has 0 aliphatic heterocycles. The summed E-state index contributed by atoms with van der Waals surface area (Å²) in [7, 11) is 1.80. The molecule has 0 aromatic rings. The molecule has 0 bridgehead atoms. The molecule has 0 fully saturated rings. The van der Waals surface area contributed by atoms with E-state index in [-0.39, 0.29) is 18.1 Å². The van der Waals surface area contributed by atoms with E-state index in [0.29, 0.717) is 13.3 Å². The van der Waals surface area contributed by atoms with Gasteiger partial charge in [-0.3, -0.25) is 14.9 Å². The molecule has 0 aromatic carbocycles. The molecule has 0 rings (SSSR count). The van der Waals surface area contributed by atoms with E-state index < -0.39 is 0 Å². The first-order valence-electron chi connectivity index (χ1n) is 3.78. The summed E-state index contributed by atoms with van der Waals surface area (Å²) >= 11 is 0. The second kappa shape index (κ2) is 6.75. The zero-order chi connectivity index (χ0) is 9.40. The minimum Gasteiger partial charge on any atom is -0.343 e.